The molecule has 0 aromatic heterocycles. The van der Waals surface area contributed by atoms with E-state index in [-0.39, 0.29) is 11.5 Å². The van der Waals surface area contributed by atoms with E-state index in [4.69, 9.17) is 9.47 Å². The lowest BCUT2D eigenvalue weighted by Gasteiger charge is -2.24. The van der Waals surface area contributed by atoms with Gasteiger partial charge in [0.1, 0.15) is 6.10 Å². The summed E-state index contributed by atoms with van der Waals surface area (Å²) in [5.41, 5.74) is 0.0442. The van der Waals surface area contributed by atoms with Gasteiger partial charge < -0.3 is 9.47 Å². The first kappa shape index (κ1) is 9.59. The van der Waals surface area contributed by atoms with Crippen molar-refractivity contribution in [3.8, 4) is 0 Å². The Morgan fingerprint density at radius 3 is 2.58 bits per heavy atom. The second-order valence-electron chi connectivity index (χ2n) is 4.28. The van der Waals surface area contributed by atoms with Gasteiger partial charge in [-0.2, -0.15) is 0 Å². The standard InChI is InChI=1S/C10H18O2/c1-8(10(2,3)4)12-9-5-6-11-7-9/h9H,1,5-7H2,2-4H3. The first-order valence-electron chi connectivity index (χ1n) is 4.44. The minimum Gasteiger partial charge on any atom is -0.492 e. The fraction of sp³-hybridized carbons (Fsp3) is 0.800. The summed E-state index contributed by atoms with van der Waals surface area (Å²) in [4.78, 5) is 0. The average Bonchev–Trinajstić information content (AvgIpc) is 2.37. The summed E-state index contributed by atoms with van der Waals surface area (Å²) in [6.45, 7) is 11.8. The molecule has 70 valence electrons. The van der Waals surface area contributed by atoms with Gasteiger partial charge in [0.25, 0.3) is 0 Å². The first-order valence-corrected chi connectivity index (χ1v) is 4.44. The summed E-state index contributed by atoms with van der Waals surface area (Å²) in [5, 5.41) is 0. The summed E-state index contributed by atoms with van der Waals surface area (Å²) < 4.78 is 10.9. The van der Waals surface area contributed by atoms with Gasteiger partial charge in [0, 0.05) is 11.8 Å². The Labute approximate surface area is 74.6 Å². The molecule has 1 heterocycles. The SMILES string of the molecule is C=C(OC1CCOC1)C(C)(C)C. The highest BCUT2D eigenvalue weighted by atomic mass is 16.5. The molecule has 1 rings (SSSR count). The highest BCUT2D eigenvalue weighted by molar-refractivity contribution is 4.96. The molecular formula is C10H18O2. The predicted octanol–water partition coefficient (Wildman–Crippen LogP) is 2.35. The van der Waals surface area contributed by atoms with Crippen LogP contribution >= 0.6 is 0 Å². The van der Waals surface area contributed by atoms with Crippen molar-refractivity contribution >= 4 is 0 Å². The maximum Gasteiger partial charge on any atom is 0.124 e. The average molecular weight is 170 g/mol. The van der Waals surface area contributed by atoms with Gasteiger partial charge in [-0.15, -0.1) is 0 Å². The summed E-state index contributed by atoms with van der Waals surface area (Å²) in [6.07, 6.45) is 1.23. The quantitative estimate of drug-likeness (QED) is 0.592. The Kier molecular flexibility index (Phi) is 2.78. The molecule has 1 atom stereocenters. The lowest BCUT2D eigenvalue weighted by Crippen LogP contribution is -2.19. The minimum atomic E-state index is 0.0442. The van der Waals surface area contributed by atoms with Crippen molar-refractivity contribution in [2.24, 2.45) is 5.41 Å². The first-order chi connectivity index (χ1) is 5.50. The van der Waals surface area contributed by atoms with Crippen LogP contribution < -0.4 is 0 Å². The van der Waals surface area contributed by atoms with Crippen molar-refractivity contribution < 1.29 is 9.47 Å². The van der Waals surface area contributed by atoms with Gasteiger partial charge in [0.2, 0.25) is 0 Å². The van der Waals surface area contributed by atoms with Crippen molar-refractivity contribution in [2.45, 2.75) is 33.3 Å². The number of rotatable bonds is 2. The number of ether oxygens (including phenoxy) is 2. The van der Waals surface area contributed by atoms with Crippen LogP contribution in [0, 0.1) is 5.41 Å². The molecule has 0 amide bonds. The molecule has 0 aromatic rings. The zero-order valence-electron chi connectivity index (χ0n) is 8.22. The third-order valence-corrected chi connectivity index (χ3v) is 2.03. The van der Waals surface area contributed by atoms with Crippen molar-refractivity contribution in [3.63, 3.8) is 0 Å². The molecule has 1 aliphatic heterocycles. The number of hydrogen-bond acceptors (Lipinski definition) is 2. The van der Waals surface area contributed by atoms with Gasteiger partial charge in [-0.05, 0) is 0 Å². The summed E-state index contributed by atoms with van der Waals surface area (Å²) in [6, 6.07) is 0. The van der Waals surface area contributed by atoms with Crippen LogP contribution in [0.1, 0.15) is 27.2 Å². The molecule has 0 saturated carbocycles. The highest BCUT2D eigenvalue weighted by Crippen LogP contribution is 2.27. The maximum absolute atomic E-state index is 5.66. The van der Waals surface area contributed by atoms with Gasteiger partial charge in [0.05, 0.1) is 19.0 Å². The Hall–Kier alpha value is -0.500. The van der Waals surface area contributed by atoms with Crippen LogP contribution in [0.4, 0.5) is 0 Å². The Morgan fingerprint density at radius 2 is 2.17 bits per heavy atom. The van der Waals surface area contributed by atoms with Crippen LogP contribution in [0.5, 0.6) is 0 Å². The molecule has 2 nitrogen and oxygen atoms in total. The maximum atomic E-state index is 5.66. The molecule has 12 heavy (non-hydrogen) atoms. The van der Waals surface area contributed by atoms with Crippen LogP contribution in [-0.2, 0) is 9.47 Å². The van der Waals surface area contributed by atoms with Crippen molar-refractivity contribution in [3.05, 3.63) is 12.3 Å². The van der Waals surface area contributed by atoms with Crippen LogP contribution in [0.2, 0.25) is 0 Å². The van der Waals surface area contributed by atoms with Gasteiger partial charge in [-0.3, -0.25) is 0 Å². The fourth-order valence-electron chi connectivity index (χ4n) is 0.984. The largest absolute Gasteiger partial charge is 0.492 e. The van der Waals surface area contributed by atoms with E-state index in [0.29, 0.717) is 0 Å². The third kappa shape index (κ3) is 2.52. The molecular weight excluding hydrogens is 152 g/mol. The molecule has 0 radical (unpaired) electrons. The van der Waals surface area contributed by atoms with Gasteiger partial charge in [0.15, 0.2) is 0 Å². The molecule has 1 fully saturated rings. The van der Waals surface area contributed by atoms with E-state index in [1.54, 1.807) is 0 Å². The minimum absolute atomic E-state index is 0.0442. The van der Waals surface area contributed by atoms with Gasteiger partial charge >= 0.3 is 0 Å². The lowest BCUT2D eigenvalue weighted by atomic mass is 9.95. The third-order valence-electron chi connectivity index (χ3n) is 2.03. The lowest BCUT2D eigenvalue weighted by molar-refractivity contribution is 0.0637. The molecule has 1 saturated heterocycles. The van der Waals surface area contributed by atoms with E-state index >= 15 is 0 Å². The Balaban J connectivity index is 2.35. The summed E-state index contributed by atoms with van der Waals surface area (Å²) in [5.74, 6) is 0.859. The molecule has 0 N–H and O–H groups in total. The van der Waals surface area contributed by atoms with Gasteiger partial charge in [-0.1, -0.05) is 27.4 Å². The molecule has 0 bridgehead atoms. The second-order valence-corrected chi connectivity index (χ2v) is 4.28. The number of hydrogen-bond donors (Lipinski definition) is 0. The molecule has 0 aliphatic carbocycles. The smallest absolute Gasteiger partial charge is 0.124 e. The zero-order valence-corrected chi connectivity index (χ0v) is 8.22. The van der Waals surface area contributed by atoms with Crippen LogP contribution in [-0.4, -0.2) is 19.3 Å². The van der Waals surface area contributed by atoms with E-state index in [1.807, 2.05) is 0 Å². The summed E-state index contributed by atoms with van der Waals surface area (Å²) in [7, 11) is 0. The number of allylic oxidation sites excluding steroid dienone is 1. The molecule has 2 heteroatoms. The van der Waals surface area contributed by atoms with E-state index in [0.717, 1.165) is 25.4 Å². The fourth-order valence-corrected chi connectivity index (χ4v) is 0.984. The Bertz CT molecular complexity index is 161. The van der Waals surface area contributed by atoms with Crippen molar-refractivity contribution in [1.29, 1.82) is 0 Å². The van der Waals surface area contributed by atoms with Gasteiger partial charge in [-0.25, -0.2) is 0 Å². The van der Waals surface area contributed by atoms with E-state index in [9.17, 15) is 0 Å². The van der Waals surface area contributed by atoms with Crippen molar-refractivity contribution in [2.75, 3.05) is 13.2 Å². The predicted molar refractivity (Wildman–Crippen MR) is 48.9 cm³/mol. The van der Waals surface area contributed by atoms with E-state index in [1.165, 1.54) is 0 Å². The molecule has 1 aliphatic rings. The molecule has 0 spiro atoms. The molecule has 1 unspecified atom stereocenters. The van der Waals surface area contributed by atoms with Crippen LogP contribution in [0.3, 0.4) is 0 Å². The highest BCUT2D eigenvalue weighted by Gasteiger charge is 2.23. The summed E-state index contributed by atoms with van der Waals surface area (Å²) >= 11 is 0. The molecule has 0 aromatic carbocycles. The monoisotopic (exact) mass is 170 g/mol. The zero-order chi connectivity index (χ0) is 9.19. The van der Waals surface area contributed by atoms with Crippen LogP contribution in [0.15, 0.2) is 12.3 Å². The second kappa shape index (κ2) is 3.48. The Morgan fingerprint density at radius 1 is 1.50 bits per heavy atom. The van der Waals surface area contributed by atoms with Crippen LogP contribution in [0.25, 0.3) is 0 Å². The normalized spacial score (nSPS) is 24.1. The van der Waals surface area contributed by atoms with Crippen molar-refractivity contribution in [1.82, 2.24) is 0 Å². The van der Waals surface area contributed by atoms with E-state index < -0.39 is 0 Å². The topological polar surface area (TPSA) is 18.5 Å². The van der Waals surface area contributed by atoms with E-state index in [2.05, 4.69) is 27.4 Å².